The maximum Gasteiger partial charge on any atom is 0.355 e. The van der Waals surface area contributed by atoms with Crippen molar-refractivity contribution >= 4 is 23.3 Å². The Balaban J connectivity index is 1.83. The van der Waals surface area contributed by atoms with Crippen LogP contribution in [0.2, 0.25) is 0 Å². The highest BCUT2D eigenvalue weighted by Crippen LogP contribution is 2.34. The Morgan fingerprint density at radius 3 is 2.84 bits per heavy atom. The number of hydrogen-bond acceptors (Lipinski definition) is 4. The molecular weight excluding hydrogens is 266 g/mol. The average Bonchev–Trinajstić information content (AvgIpc) is 3.12. The van der Waals surface area contributed by atoms with E-state index >= 15 is 0 Å². The number of carboxylic acid groups (broad SMARTS) is 1. The van der Waals surface area contributed by atoms with Crippen LogP contribution >= 0.6 is 11.3 Å². The largest absolute Gasteiger partial charge is 0.476 e. The van der Waals surface area contributed by atoms with Crippen LogP contribution in [-0.4, -0.2) is 40.1 Å². The number of aromatic nitrogens is 1. The first-order chi connectivity index (χ1) is 8.99. The highest BCUT2D eigenvalue weighted by Gasteiger charge is 2.32. The van der Waals surface area contributed by atoms with E-state index in [0.29, 0.717) is 10.9 Å². The van der Waals surface area contributed by atoms with Crippen LogP contribution in [0.1, 0.15) is 35.3 Å². The molecule has 1 aromatic heterocycles. The van der Waals surface area contributed by atoms with Gasteiger partial charge < -0.3 is 15.3 Å². The molecule has 1 aromatic rings. The predicted molar refractivity (Wildman–Crippen MR) is 71.3 cm³/mol. The molecule has 1 aliphatic rings. The summed E-state index contributed by atoms with van der Waals surface area (Å²) in [7, 11) is 1.78. The molecular formula is C12H17N3O3S. The van der Waals surface area contributed by atoms with Crippen molar-refractivity contribution in [2.45, 2.75) is 32.4 Å². The summed E-state index contributed by atoms with van der Waals surface area (Å²) in [5, 5.41) is 13.6. The lowest BCUT2D eigenvalue weighted by molar-refractivity contribution is 0.0691. The zero-order valence-corrected chi connectivity index (χ0v) is 11.7. The van der Waals surface area contributed by atoms with Crippen LogP contribution in [0, 0.1) is 5.92 Å². The zero-order chi connectivity index (χ0) is 14.0. The smallest absolute Gasteiger partial charge is 0.355 e. The minimum absolute atomic E-state index is 0.0222. The Morgan fingerprint density at radius 1 is 1.63 bits per heavy atom. The normalized spacial score (nSPS) is 15.9. The van der Waals surface area contributed by atoms with Gasteiger partial charge in [0.15, 0.2) is 5.69 Å². The standard InChI is InChI=1S/C12H17N3O3S/c1-7(8-3-4-8)15(2)12(18)13-5-10-14-9(6-19-10)11(16)17/h6-8H,3-5H2,1-2H3,(H,13,18)(H,16,17). The van der Waals surface area contributed by atoms with Gasteiger partial charge in [-0.05, 0) is 25.7 Å². The third-order valence-corrected chi connectivity index (χ3v) is 4.25. The van der Waals surface area contributed by atoms with Crippen molar-refractivity contribution in [1.82, 2.24) is 15.2 Å². The molecule has 6 nitrogen and oxygen atoms in total. The molecule has 2 amide bonds. The fourth-order valence-electron chi connectivity index (χ4n) is 1.85. The Bertz CT molecular complexity index is 484. The van der Waals surface area contributed by atoms with Gasteiger partial charge in [0.2, 0.25) is 0 Å². The molecule has 1 saturated carbocycles. The monoisotopic (exact) mass is 283 g/mol. The molecule has 0 radical (unpaired) electrons. The van der Waals surface area contributed by atoms with Gasteiger partial charge in [-0.1, -0.05) is 0 Å². The van der Waals surface area contributed by atoms with E-state index in [9.17, 15) is 9.59 Å². The quantitative estimate of drug-likeness (QED) is 0.863. The Kier molecular flexibility index (Phi) is 4.04. The van der Waals surface area contributed by atoms with E-state index in [2.05, 4.69) is 10.3 Å². The third kappa shape index (κ3) is 3.44. The fraction of sp³-hybridized carbons (Fsp3) is 0.583. The first kappa shape index (κ1) is 13.8. The van der Waals surface area contributed by atoms with Crippen molar-refractivity contribution in [3.63, 3.8) is 0 Å². The van der Waals surface area contributed by atoms with Gasteiger partial charge in [0.05, 0.1) is 6.54 Å². The summed E-state index contributed by atoms with van der Waals surface area (Å²) in [4.78, 5) is 28.2. The summed E-state index contributed by atoms with van der Waals surface area (Å²) in [6, 6.07) is 0.0948. The van der Waals surface area contributed by atoms with Gasteiger partial charge in [-0.25, -0.2) is 14.6 Å². The van der Waals surface area contributed by atoms with Crippen molar-refractivity contribution in [1.29, 1.82) is 0 Å². The van der Waals surface area contributed by atoms with E-state index in [-0.39, 0.29) is 24.3 Å². The SMILES string of the molecule is CC(C1CC1)N(C)C(=O)NCc1nc(C(=O)O)cs1. The molecule has 1 atom stereocenters. The molecule has 1 heterocycles. The molecule has 7 heteroatoms. The second-order valence-electron chi connectivity index (χ2n) is 4.78. The number of nitrogens with one attached hydrogen (secondary N) is 1. The minimum atomic E-state index is -1.05. The Labute approximate surface area is 115 Å². The van der Waals surface area contributed by atoms with Crippen LogP contribution in [0.4, 0.5) is 4.79 Å². The maximum absolute atomic E-state index is 11.9. The van der Waals surface area contributed by atoms with E-state index in [1.165, 1.54) is 29.6 Å². The van der Waals surface area contributed by atoms with Crippen LogP contribution in [0.15, 0.2) is 5.38 Å². The molecule has 1 unspecified atom stereocenters. The van der Waals surface area contributed by atoms with Crippen molar-refractivity contribution in [2.24, 2.45) is 5.92 Å². The minimum Gasteiger partial charge on any atom is -0.476 e. The molecule has 2 N–H and O–H groups in total. The van der Waals surface area contributed by atoms with Gasteiger partial charge in [-0.3, -0.25) is 0 Å². The van der Waals surface area contributed by atoms with E-state index in [0.717, 1.165) is 0 Å². The van der Waals surface area contributed by atoms with Gasteiger partial charge in [0.1, 0.15) is 5.01 Å². The molecule has 0 bridgehead atoms. The number of rotatable bonds is 5. The number of carboxylic acids is 1. The van der Waals surface area contributed by atoms with Gasteiger partial charge in [0.25, 0.3) is 0 Å². The summed E-state index contributed by atoms with van der Waals surface area (Å²) in [6.07, 6.45) is 2.38. The summed E-state index contributed by atoms with van der Waals surface area (Å²) in [6.45, 7) is 2.31. The van der Waals surface area contributed by atoms with Crippen LogP contribution in [-0.2, 0) is 6.54 Å². The van der Waals surface area contributed by atoms with E-state index < -0.39 is 5.97 Å². The van der Waals surface area contributed by atoms with Crippen molar-refractivity contribution < 1.29 is 14.7 Å². The lowest BCUT2D eigenvalue weighted by Gasteiger charge is -2.24. The first-order valence-electron chi connectivity index (χ1n) is 6.17. The molecule has 19 heavy (non-hydrogen) atoms. The molecule has 104 valence electrons. The van der Waals surface area contributed by atoms with Crippen molar-refractivity contribution in [3.05, 3.63) is 16.1 Å². The number of carbonyl (C=O) groups is 2. The van der Waals surface area contributed by atoms with Crippen LogP contribution in [0.25, 0.3) is 0 Å². The first-order valence-corrected chi connectivity index (χ1v) is 7.05. The van der Waals surface area contributed by atoms with Crippen LogP contribution < -0.4 is 5.32 Å². The van der Waals surface area contributed by atoms with Gasteiger partial charge in [-0.2, -0.15) is 0 Å². The molecule has 1 aliphatic carbocycles. The number of thiazole rings is 1. The number of nitrogens with zero attached hydrogens (tertiary/aromatic N) is 2. The van der Waals surface area contributed by atoms with E-state index in [1.807, 2.05) is 6.92 Å². The lowest BCUT2D eigenvalue weighted by atomic mass is 10.2. The number of aromatic carboxylic acids is 1. The topological polar surface area (TPSA) is 82.5 Å². The van der Waals surface area contributed by atoms with Gasteiger partial charge in [-0.15, -0.1) is 11.3 Å². The average molecular weight is 283 g/mol. The molecule has 0 spiro atoms. The van der Waals surface area contributed by atoms with Crippen LogP contribution in [0.3, 0.4) is 0 Å². The fourth-order valence-corrected chi connectivity index (χ4v) is 2.55. The van der Waals surface area contributed by atoms with E-state index in [1.54, 1.807) is 11.9 Å². The van der Waals surface area contributed by atoms with Crippen molar-refractivity contribution in [3.8, 4) is 0 Å². The zero-order valence-electron chi connectivity index (χ0n) is 10.9. The van der Waals surface area contributed by atoms with Gasteiger partial charge >= 0.3 is 12.0 Å². The second kappa shape index (κ2) is 5.56. The number of hydrogen-bond donors (Lipinski definition) is 2. The maximum atomic E-state index is 11.9. The predicted octanol–water partition coefficient (Wildman–Crippen LogP) is 1.78. The summed E-state index contributed by atoms with van der Waals surface area (Å²) in [5.74, 6) is -0.428. The molecule has 0 aliphatic heterocycles. The summed E-state index contributed by atoms with van der Waals surface area (Å²) < 4.78 is 0. The lowest BCUT2D eigenvalue weighted by Crippen LogP contribution is -2.42. The summed E-state index contributed by atoms with van der Waals surface area (Å²) in [5.41, 5.74) is 0.0222. The highest BCUT2D eigenvalue weighted by atomic mass is 32.1. The highest BCUT2D eigenvalue weighted by molar-refractivity contribution is 7.09. The molecule has 1 fully saturated rings. The second-order valence-corrected chi connectivity index (χ2v) is 5.72. The summed E-state index contributed by atoms with van der Waals surface area (Å²) >= 11 is 1.23. The number of urea groups is 1. The molecule has 0 aromatic carbocycles. The molecule has 2 rings (SSSR count). The molecule has 0 saturated heterocycles. The number of carbonyl (C=O) groups excluding carboxylic acids is 1. The Hall–Kier alpha value is -1.63. The van der Waals surface area contributed by atoms with Crippen LogP contribution in [0.5, 0.6) is 0 Å². The van der Waals surface area contributed by atoms with E-state index in [4.69, 9.17) is 5.11 Å². The Morgan fingerprint density at radius 2 is 2.32 bits per heavy atom. The van der Waals surface area contributed by atoms with Crippen molar-refractivity contribution in [2.75, 3.05) is 7.05 Å². The van der Waals surface area contributed by atoms with Gasteiger partial charge in [0, 0.05) is 18.5 Å². The number of amides is 2. The third-order valence-electron chi connectivity index (χ3n) is 3.40.